The summed E-state index contributed by atoms with van der Waals surface area (Å²) in [5.74, 6) is -0.0958. The largest absolute Gasteiger partial charge is 0.496 e. The summed E-state index contributed by atoms with van der Waals surface area (Å²) >= 11 is 7.72. The van der Waals surface area contributed by atoms with Gasteiger partial charge in [-0.3, -0.25) is 9.69 Å². The van der Waals surface area contributed by atoms with E-state index < -0.39 is 5.97 Å². The molecule has 1 N–H and O–H groups in total. The Bertz CT molecular complexity index is 710. The minimum absolute atomic E-state index is 0.0356. The topological polar surface area (TPSA) is 49.8 Å². The molecule has 3 rings (SSSR count). The number of rotatable bonds is 5. The summed E-state index contributed by atoms with van der Waals surface area (Å²) in [6.45, 7) is 1.49. The number of likely N-dealkylation sites (tertiary alicyclic amines) is 1. The molecule has 2 aromatic rings. The summed E-state index contributed by atoms with van der Waals surface area (Å²) in [5, 5.41) is 9.23. The van der Waals surface area contributed by atoms with Crippen LogP contribution in [0, 0.1) is 5.92 Å². The van der Waals surface area contributed by atoms with Crippen LogP contribution in [0.1, 0.15) is 29.3 Å². The predicted octanol–water partition coefficient (Wildman–Crippen LogP) is 4.30. The molecule has 1 fully saturated rings. The number of hydrogen-bond donors (Lipinski definition) is 1. The Kier molecular flexibility index (Phi) is 5.43. The third-order valence-electron chi connectivity index (χ3n) is 4.54. The molecule has 1 unspecified atom stereocenters. The summed E-state index contributed by atoms with van der Waals surface area (Å²) in [7, 11) is 1.67. The molecule has 1 aromatic carbocycles. The zero-order valence-corrected chi connectivity index (χ0v) is 15.0. The van der Waals surface area contributed by atoms with E-state index in [1.165, 1.54) is 0 Å². The smallest absolute Gasteiger partial charge is 0.306 e. The van der Waals surface area contributed by atoms with Gasteiger partial charge in [-0.05, 0) is 44.1 Å². The van der Waals surface area contributed by atoms with Gasteiger partial charge in [-0.25, -0.2) is 0 Å². The van der Waals surface area contributed by atoms with Crippen LogP contribution < -0.4 is 4.74 Å². The van der Waals surface area contributed by atoms with Gasteiger partial charge in [0, 0.05) is 10.4 Å². The lowest BCUT2D eigenvalue weighted by molar-refractivity contribution is -0.143. The second kappa shape index (κ2) is 7.55. The molecule has 1 aliphatic rings. The Balaban J connectivity index is 1.93. The van der Waals surface area contributed by atoms with Gasteiger partial charge in [0.2, 0.25) is 0 Å². The van der Waals surface area contributed by atoms with E-state index in [1.807, 2.05) is 30.3 Å². The first kappa shape index (κ1) is 17.3. The van der Waals surface area contributed by atoms with E-state index in [0.717, 1.165) is 33.6 Å². The lowest BCUT2D eigenvalue weighted by Crippen LogP contribution is -2.39. The molecule has 4 nitrogen and oxygen atoms in total. The number of nitrogens with zero attached hydrogens (tertiary/aromatic N) is 1. The van der Waals surface area contributed by atoms with Gasteiger partial charge >= 0.3 is 5.97 Å². The quantitative estimate of drug-likeness (QED) is 0.858. The molecule has 0 bridgehead atoms. The van der Waals surface area contributed by atoms with Crippen molar-refractivity contribution in [3.05, 3.63) is 51.2 Å². The van der Waals surface area contributed by atoms with Gasteiger partial charge in [-0.1, -0.05) is 29.8 Å². The Labute approximate surface area is 150 Å². The number of thiophene rings is 1. The van der Waals surface area contributed by atoms with Crippen LogP contribution in [0.15, 0.2) is 36.4 Å². The summed E-state index contributed by atoms with van der Waals surface area (Å²) in [6.07, 6.45) is 1.33. The Morgan fingerprint density at radius 2 is 2.00 bits per heavy atom. The maximum absolute atomic E-state index is 11.2. The highest BCUT2D eigenvalue weighted by Gasteiger charge is 2.32. The minimum atomic E-state index is -0.692. The van der Waals surface area contributed by atoms with E-state index in [4.69, 9.17) is 16.3 Å². The van der Waals surface area contributed by atoms with Crippen molar-refractivity contribution in [2.24, 2.45) is 5.92 Å². The zero-order chi connectivity index (χ0) is 17.1. The van der Waals surface area contributed by atoms with E-state index in [9.17, 15) is 9.90 Å². The number of para-hydroxylation sites is 1. The first-order chi connectivity index (χ1) is 11.6. The van der Waals surface area contributed by atoms with Gasteiger partial charge in [0.15, 0.2) is 0 Å². The summed E-state index contributed by atoms with van der Waals surface area (Å²) in [6, 6.07) is 12.0. The molecule has 1 atom stereocenters. The van der Waals surface area contributed by atoms with Gasteiger partial charge in [0.1, 0.15) is 5.75 Å². The molecule has 0 saturated carbocycles. The summed E-state index contributed by atoms with van der Waals surface area (Å²) in [4.78, 5) is 14.7. The van der Waals surface area contributed by atoms with Crippen molar-refractivity contribution in [1.82, 2.24) is 4.90 Å². The fourth-order valence-electron chi connectivity index (χ4n) is 3.30. The number of carboxylic acid groups (broad SMARTS) is 1. The Morgan fingerprint density at radius 3 is 2.58 bits per heavy atom. The summed E-state index contributed by atoms with van der Waals surface area (Å²) < 4.78 is 6.31. The summed E-state index contributed by atoms with van der Waals surface area (Å²) in [5.41, 5.74) is 1.09. The van der Waals surface area contributed by atoms with Crippen molar-refractivity contribution in [2.75, 3.05) is 20.2 Å². The lowest BCUT2D eigenvalue weighted by atomic mass is 9.93. The Hall–Kier alpha value is -1.56. The van der Waals surface area contributed by atoms with Crippen LogP contribution in [-0.4, -0.2) is 36.2 Å². The maximum atomic E-state index is 11.2. The fraction of sp³-hybridized carbons (Fsp3) is 0.389. The van der Waals surface area contributed by atoms with Crippen LogP contribution in [-0.2, 0) is 4.79 Å². The average Bonchev–Trinajstić information content (AvgIpc) is 3.02. The third kappa shape index (κ3) is 3.58. The molecule has 6 heteroatoms. The molecule has 0 amide bonds. The number of methoxy groups -OCH3 is 1. The minimum Gasteiger partial charge on any atom is -0.496 e. The van der Waals surface area contributed by atoms with Crippen LogP contribution in [0.25, 0.3) is 0 Å². The standard InChI is InChI=1S/C18H20ClNO3S/c1-23-14-5-3-2-4-13(14)17(15-6-7-16(19)24-15)20-10-8-12(9-11-20)18(21)22/h2-7,12,17H,8-11H2,1H3,(H,21,22). The van der Waals surface area contributed by atoms with Crippen LogP contribution >= 0.6 is 22.9 Å². The number of halogens is 1. The molecular weight excluding hydrogens is 346 g/mol. The van der Waals surface area contributed by atoms with Crippen LogP contribution in [0.3, 0.4) is 0 Å². The van der Waals surface area contributed by atoms with Crippen molar-refractivity contribution >= 4 is 28.9 Å². The monoisotopic (exact) mass is 365 g/mol. The first-order valence-electron chi connectivity index (χ1n) is 7.95. The molecule has 1 aromatic heterocycles. The van der Waals surface area contributed by atoms with E-state index in [2.05, 4.69) is 11.0 Å². The number of carboxylic acids is 1. The number of aliphatic carboxylic acids is 1. The molecule has 1 aliphatic heterocycles. The van der Waals surface area contributed by atoms with E-state index in [-0.39, 0.29) is 12.0 Å². The number of ether oxygens (including phenoxy) is 1. The van der Waals surface area contributed by atoms with Gasteiger partial charge in [-0.2, -0.15) is 0 Å². The molecule has 1 saturated heterocycles. The van der Waals surface area contributed by atoms with Gasteiger partial charge < -0.3 is 9.84 Å². The number of benzene rings is 1. The molecule has 0 spiro atoms. The van der Waals surface area contributed by atoms with E-state index >= 15 is 0 Å². The number of piperidine rings is 1. The molecule has 128 valence electrons. The number of carbonyl (C=O) groups is 1. The lowest BCUT2D eigenvalue weighted by Gasteiger charge is -2.36. The average molecular weight is 366 g/mol. The second-order valence-electron chi connectivity index (χ2n) is 5.93. The van der Waals surface area contributed by atoms with Crippen molar-refractivity contribution in [3.63, 3.8) is 0 Å². The molecule has 24 heavy (non-hydrogen) atoms. The number of hydrogen-bond acceptors (Lipinski definition) is 4. The first-order valence-corrected chi connectivity index (χ1v) is 9.14. The predicted molar refractivity (Wildman–Crippen MR) is 96.1 cm³/mol. The van der Waals surface area contributed by atoms with Crippen LogP contribution in [0.5, 0.6) is 5.75 Å². The van der Waals surface area contributed by atoms with Gasteiger partial charge in [-0.15, -0.1) is 11.3 Å². The maximum Gasteiger partial charge on any atom is 0.306 e. The fourth-order valence-corrected chi connectivity index (χ4v) is 4.52. The van der Waals surface area contributed by atoms with E-state index in [0.29, 0.717) is 12.8 Å². The highest BCUT2D eigenvalue weighted by Crippen LogP contribution is 2.40. The van der Waals surface area contributed by atoms with Gasteiger partial charge in [0.25, 0.3) is 0 Å². The van der Waals surface area contributed by atoms with E-state index in [1.54, 1.807) is 18.4 Å². The molecule has 0 aliphatic carbocycles. The van der Waals surface area contributed by atoms with Crippen molar-refractivity contribution < 1.29 is 14.6 Å². The Morgan fingerprint density at radius 1 is 1.29 bits per heavy atom. The van der Waals surface area contributed by atoms with Crippen molar-refractivity contribution in [2.45, 2.75) is 18.9 Å². The van der Waals surface area contributed by atoms with Crippen molar-refractivity contribution in [3.8, 4) is 5.75 Å². The molecular formula is C18H20ClNO3S. The van der Waals surface area contributed by atoms with Crippen LogP contribution in [0.2, 0.25) is 4.34 Å². The molecule has 0 radical (unpaired) electrons. The SMILES string of the molecule is COc1ccccc1C(c1ccc(Cl)s1)N1CCC(C(=O)O)CC1. The normalized spacial score (nSPS) is 17.6. The van der Waals surface area contributed by atoms with Crippen molar-refractivity contribution in [1.29, 1.82) is 0 Å². The van der Waals surface area contributed by atoms with Crippen LogP contribution in [0.4, 0.5) is 0 Å². The van der Waals surface area contributed by atoms with Gasteiger partial charge in [0.05, 0.1) is 23.4 Å². The third-order valence-corrected chi connectivity index (χ3v) is 5.82. The zero-order valence-electron chi connectivity index (χ0n) is 13.4. The second-order valence-corrected chi connectivity index (χ2v) is 7.68. The molecule has 2 heterocycles. The highest BCUT2D eigenvalue weighted by molar-refractivity contribution is 7.16. The highest BCUT2D eigenvalue weighted by atomic mass is 35.5.